The first-order valence-electron chi connectivity index (χ1n) is 9.05. The number of H-pyrrole nitrogens is 1. The molecule has 5 heteroatoms. The van der Waals surface area contributed by atoms with Gasteiger partial charge in [-0.3, -0.25) is 4.79 Å². The van der Waals surface area contributed by atoms with E-state index in [9.17, 15) is 4.79 Å². The molecular formula is C22H22N4O. The van der Waals surface area contributed by atoms with Crippen LogP contribution in [0.4, 0.5) is 0 Å². The van der Waals surface area contributed by atoms with Crippen molar-refractivity contribution in [3.05, 3.63) is 93.4 Å². The molecule has 0 amide bonds. The van der Waals surface area contributed by atoms with E-state index in [1.54, 1.807) is 4.68 Å². The Bertz CT molecular complexity index is 1120. The van der Waals surface area contributed by atoms with Crippen molar-refractivity contribution in [1.82, 2.24) is 20.1 Å². The number of para-hydroxylation sites is 1. The third kappa shape index (κ3) is 3.55. The summed E-state index contributed by atoms with van der Waals surface area (Å²) in [5, 5.41) is 8.92. The number of aromatic amines is 1. The predicted octanol–water partition coefficient (Wildman–Crippen LogP) is 3.62. The minimum atomic E-state index is -0.0870. The van der Waals surface area contributed by atoms with Crippen molar-refractivity contribution in [1.29, 1.82) is 0 Å². The Morgan fingerprint density at radius 2 is 1.74 bits per heavy atom. The van der Waals surface area contributed by atoms with Crippen molar-refractivity contribution in [2.24, 2.45) is 0 Å². The molecule has 5 nitrogen and oxygen atoms in total. The lowest BCUT2D eigenvalue weighted by molar-refractivity contribution is 0.688. The number of nitrogens with zero attached hydrogens (tertiary/aromatic N) is 2. The topological polar surface area (TPSA) is 62.7 Å². The SMILES string of the molecule is Cc1ccc(CNCc2cc3c(C)nn(-c4ccccc4)c3[nH]c2=O)cc1. The fourth-order valence-corrected chi connectivity index (χ4v) is 3.19. The Morgan fingerprint density at radius 3 is 2.48 bits per heavy atom. The zero-order chi connectivity index (χ0) is 18.8. The molecule has 0 unspecified atom stereocenters. The van der Waals surface area contributed by atoms with E-state index < -0.39 is 0 Å². The highest BCUT2D eigenvalue weighted by molar-refractivity contribution is 5.80. The van der Waals surface area contributed by atoms with Gasteiger partial charge in [0.25, 0.3) is 5.56 Å². The number of hydrogen-bond acceptors (Lipinski definition) is 3. The van der Waals surface area contributed by atoms with E-state index in [0.717, 1.165) is 29.0 Å². The molecule has 4 rings (SSSR count). The zero-order valence-electron chi connectivity index (χ0n) is 15.5. The fourth-order valence-electron chi connectivity index (χ4n) is 3.19. The van der Waals surface area contributed by atoms with Gasteiger partial charge in [-0.2, -0.15) is 5.10 Å². The zero-order valence-corrected chi connectivity index (χ0v) is 15.5. The van der Waals surface area contributed by atoms with E-state index in [2.05, 4.69) is 46.6 Å². The summed E-state index contributed by atoms with van der Waals surface area (Å²) in [6.45, 7) is 5.27. The molecule has 0 saturated heterocycles. The predicted molar refractivity (Wildman–Crippen MR) is 108 cm³/mol. The third-order valence-corrected chi connectivity index (χ3v) is 4.71. The highest BCUT2D eigenvalue weighted by Crippen LogP contribution is 2.19. The second kappa shape index (κ2) is 7.21. The monoisotopic (exact) mass is 358 g/mol. The number of pyridine rings is 1. The van der Waals surface area contributed by atoms with Gasteiger partial charge in [0, 0.05) is 24.0 Å². The van der Waals surface area contributed by atoms with Crippen LogP contribution in [0.3, 0.4) is 0 Å². The lowest BCUT2D eigenvalue weighted by Crippen LogP contribution is -2.21. The molecule has 2 aromatic carbocycles. The maximum absolute atomic E-state index is 12.6. The van der Waals surface area contributed by atoms with Gasteiger partial charge in [0.2, 0.25) is 0 Å². The second-order valence-electron chi connectivity index (χ2n) is 6.81. The van der Waals surface area contributed by atoms with Crippen LogP contribution in [-0.4, -0.2) is 14.8 Å². The van der Waals surface area contributed by atoms with Crippen LogP contribution in [0.5, 0.6) is 0 Å². The molecule has 0 saturated carbocycles. The van der Waals surface area contributed by atoms with Gasteiger partial charge in [-0.15, -0.1) is 0 Å². The molecule has 136 valence electrons. The summed E-state index contributed by atoms with van der Waals surface area (Å²) < 4.78 is 1.79. The number of rotatable bonds is 5. The van der Waals surface area contributed by atoms with Crippen molar-refractivity contribution in [2.45, 2.75) is 26.9 Å². The lowest BCUT2D eigenvalue weighted by Gasteiger charge is -2.06. The Labute approximate surface area is 157 Å². The molecule has 0 aliphatic rings. The molecular weight excluding hydrogens is 336 g/mol. The number of hydrogen-bond donors (Lipinski definition) is 2. The lowest BCUT2D eigenvalue weighted by atomic mass is 10.1. The highest BCUT2D eigenvalue weighted by atomic mass is 16.1. The molecule has 0 radical (unpaired) electrons. The molecule has 4 aromatic rings. The van der Waals surface area contributed by atoms with Crippen molar-refractivity contribution < 1.29 is 0 Å². The molecule has 2 heterocycles. The average molecular weight is 358 g/mol. The maximum atomic E-state index is 12.6. The van der Waals surface area contributed by atoms with E-state index in [4.69, 9.17) is 0 Å². The molecule has 27 heavy (non-hydrogen) atoms. The van der Waals surface area contributed by atoms with Crippen LogP contribution in [0.25, 0.3) is 16.7 Å². The highest BCUT2D eigenvalue weighted by Gasteiger charge is 2.12. The van der Waals surface area contributed by atoms with Crippen LogP contribution in [0.15, 0.2) is 65.5 Å². The van der Waals surface area contributed by atoms with Crippen LogP contribution in [-0.2, 0) is 13.1 Å². The normalized spacial score (nSPS) is 11.2. The smallest absolute Gasteiger partial charge is 0.254 e. The summed E-state index contributed by atoms with van der Waals surface area (Å²) in [5.74, 6) is 0. The third-order valence-electron chi connectivity index (χ3n) is 4.71. The Morgan fingerprint density at radius 1 is 1.00 bits per heavy atom. The van der Waals surface area contributed by atoms with E-state index in [1.807, 2.05) is 43.3 Å². The summed E-state index contributed by atoms with van der Waals surface area (Å²) in [6.07, 6.45) is 0. The van der Waals surface area contributed by atoms with Gasteiger partial charge >= 0.3 is 0 Å². The van der Waals surface area contributed by atoms with E-state index in [1.165, 1.54) is 11.1 Å². The van der Waals surface area contributed by atoms with Gasteiger partial charge in [0.05, 0.1) is 11.4 Å². The number of aromatic nitrogens is 3. The number of nitrogens with one attached hydrogen (secondary N) is 2. The van der Waals surface area contributed by atoms with Crippen LogP contribution in [0.2, 0.25) is 0 Å². The molecule has 0 fully saturated rings. The van der Waals surface area contributed by atoms with Gasteiger partial charge < -0.3 is 10.3 Å². The molecule has 0 spiro atoms. The summed E-state index contributed by atoms with van der Waals surface area (Å²) in [6, 6.07) is 20.2. The van der Waals surface area contributed by atoms with Gasteiger partial charge in [-0.1, -0.05) is 48.0 Å². The standard InChI is InChI=1S/C22H22N4O/c1-15-8-10-17(11-9-15)13-23-14-18-12-20-16(2)25-26(21(20)24-22(18)27)19-6-4-3-5-7-19/h3-12,23H,13-14H2,1-2H3,(H,24,27). The van der Waals surface area contributed by atoms with Gasteiger partial charge in [-0.25, -0.2) is 4.68 Å². The van der Waals surface area contributed by atoms with Crippen LogP contribution in [0.1, 0.15) is 22.4 Å². The summed E-state index contributed by atoms with van der Waals surface area (Å²) >= 11 is 0. The summed E-state index contributed by atoms with van der Waals surface area (Å²) in [4.78, 5) is 15.6. The Balaban J connectivity index is 1.59. The Kier molecular flexibility index (Phi) is 4.60. The van der Waals surface area contributed by atoms with Crippen LogP contribution >= 0.6 is 0 Å². The first-order valence-corrected chi connectivity index (χ1v) is 9.05. The average Bonchev–Trinajstić information content (AvgIpc) is 3.00. The Hall–Kier alpha value is -3.18. The fraction of sp³-hybridized carbons (Fsp3) is 0.182. The number of benzene rings is 2. The second-order valence-corrected chi connectivity index (χ2v) is 6.81. The maximum Gasteiger partial charge on any atom is 0.254 e. The summed E-state index contributed by atoms with van der Waals surface area (Å²) in [5.41, 5.74) is 5.62. The van der Waals surface area contributed by atoms with Crippen molar-refractivity contribution in [3.8, 4) is 5.69 Å². The minimum Gasteiger partial charge on any atom is -0.308 e. The van der Waals surface area contributed by atoms with Crippen molar-refractivity contribution in [3.63, 3.8) is 0 Å². The van der Waals surface area contributed by atoms with Crippen molar-refractivity contribution >= 4 is 11.0 Å². The number of aryl methyl sites for hydroxylation is 2. The first kappa shape index (κ1) is 17.2. The summed E-state index contributed by atoms with van der Waals surface area (Å²) in [7, 11) is 0. The molecule has 0 bridgehead atoms. The quantitative estimate of drug-likeness (QED) is 0.573. The molecule has 0 aliphatic heterocycles. The van der Waals surface area contributed by atoms with E-state index in [-0.39, 0.29) is 5.56 Å². The molecule has 0 aliphatic carbocycles. The van der Waals surface area contributed by atoms with Gasteiger partial charge in [0.1, 0.15) is 5.65 Å². The van der Waals surface area contributed by atoms with Gasteiger partial charge in [-0.05, 0) is 37.6 Å². The molecule has 2 N–H and O–H groups in total. The van der Waals surface area contributed by atoms with Gasteiger partial charge in [0.15, 0.2) is 0 Å². The minimum absolute atomic E-state index is 0.0870. The van der Waals surface area contributed by atoms with E-state index >= 15 is 0 Å². The largest absolute Gasteiger partial charge is 0.308 e. The van der Waals surface area contributed by atoms with Crippen molar-refractivity contribution in [2.75, 3.05) is 0 Å². The van der Waals surface area contributed by atoms with Crippen LogP contribution in [0, 0.1) is 13.8 Å². The molecule has 2 aromatic heterocycles. The van der Waals surface area contributed by atoms with Crippen LogP contribution < -0.4 is 10.9 Å². The van der Waals surface area contributed by atoms with E-state index in [0.29, 0.717) is 12.1 Å². The number of fused-ring (bicyclic) bond motifs is 1. The molecule has 0 atom stereocenters. The first-order chi connectivity index (χ1) is 13.1.